The van der Waals surface area contributed by atoms with Gasteiger partial charge in [0.15, 0.2) is 0 Å². The van der Waals surface area contributed by atoms with Crippen LogP contribution in [0.4, 0.5) is 11.6 Å². The van der Waals surface area contributed by atoms with Gasteiger partial charge in [-0.1, -0.05) is 18.2 Å². The molecule has 142 valence electrons. The molecule has 9 nitrogen and oxygen atoms in total. The van der Waals surface area contributed by atoms with E-state index in [0.717, 1.165) is 5.56 Å². The normalized spacial score (nSPS) is 15.6. The number of nitro groups is 1. The van der Waals surface area contributed by atoms with E-state index in [-0.39, 0.29) is 30.7 Å². The summed E-state index contributed by atoms with van der Waals surface area (Å²) in [6.45, 7) is 0.193. The molecule has 1 atom stereocenters. The average molecular weight is 444 g/mol. The molecule has 3 aromatic rings. The highest BCUT2D eigenvalue weighted by Crippen LogP contribution is 2.34. The van der Waals surface area contributed by atoms with Gasteiger partial charge in [0, 0.05) is 12.1 Å². The van der Waals surface area contributed by atoms with Gasteiger partial charge in [0.05, 0.1) is 21.9 Å². The molecule has 0 bridgehead atoms. The highest BCUT2D eigenvalue weighted by Gasteiger charge is 2.28. The molecule has 0 fully saturated rings. The van der Waals surface area contributed by atoms with E-state index in [9.17, 15) is 14.9 Å². The predicted molar refractivity (Wildman–Crippen MR) is 103 cm³/mol. The Bertz CT molecular complexity index is 1070. The summed E-state index contributed by atoms with van der Waals surface area (Å²) in [6, 6.07) is 11.6. The molecule has 1 aliphatic heterocycles. The van der Waals surface area contributed by atoms with Crippen LogP contribution >= 0.6 is 15.9 Å². The summed E-state index contributed by atoms with van der Waals surface area (Å²) in [5, 5.41) is 17.7. The number of fused-ring (bicyclic) bond motifs is 1. The lowest BCUT2D eigenvalue weighted by Crippen LogP contribution is -2.29. The Kier molecular flexibility index (Phi) is 4.78. The van der Waals surface area contributed by atoms with E-state index in [1.54, 1.807) is 22.9 Å². The summed E-state index contributed by atoms with van der Waals surface area (Å²) in [5.74, 6) is 0.894. The third-order valence-electron chi connectivity index (χ3n) is 4.35. The number of amides is 1. The lowest BCUT2D eigenvalue weighted by molar-refractivity contribution is -0.384. The number of anilines is 1. The number of hydrogen-bond donors (Lipinski definition) is 1. The fourth-order valence-corrected chi connectivity index (χ4v) is 3.54. The number of nitrogens with one attached hydrogen (secondary N) is 1. The van der Waals surface area contributed by atoms with Crippen molar-refractivity contribution in [2.75, 3.05) is 5.32 Å². The second-order valence-electron chi connectivity index (χ2n) is 6.20. The first-order valence-electron chi connectivity index (χ1n) is 8.36. The zero-order chi connectivity index (χ0) is 19.7. The van der Waals surface area contributed by atoms with Crippen LogP contribution in [0.1, 0.15) is 23.6 Å². The molecule has 1 aromatic heterocycles. The molecule has 0 radical (unpaired) electrons. The molecule has 0 saturated heterocycles. The Balaban J connectivity index is 1.52. The molecule has 4 rings (SSSR count). The van der Waals surface area contributed by atoms with E-state index in [4.69, 9.17) is 4.74 Å². The van der Waals surface area contributed by atoms with Crippen molar-refractivity contribution >= 4 is 33.5 Å². The number of benzene rings is 2. The number of ether oxygens (including phenoxy) is 1. The summed E-state index contributed by atoms with van der Waals surface area (Å²) in [5.41, 5.74) is 1.60. The van der Waals surface area contributed by atoms with Crippen molar-refractivity contribution < 1.29 is 14.5 Å². The lowest BCUT2D eigenvalue weighted by Gasteiger charge is -2.24. The third-order valence-corrected chi connectivity index (χ3v) is 4.97. The van der Waals surface area contributed by atoms with Crippen molar-refractivity contribution in [2.24, 2.45) is 0 Å². The summed E-state index contributed by atoms with van der Waals surface area (Å²) in [6.07, 6.45) is 1.66. The number of rotatable bonds is 5. The van der Waals surface area contributed by atoms with E-state index in [1.807, 2.05) is 12.1 Å². The van der Waals surface area contributed by atoms with Crippen LogP contribution in [0.5, 0.6) is 5.75 Å². The van der Waals surface area contributed by atoms with Crippen molar-refractivity contribution in [3.63, 3.8) is 0 Å². The van der Waals surface area contributed by atoms with Crippen molar-refractivity contribution in [3.8, 4) is 5.75 Å². The van der Waals surface area contributed by atoms with Gasteiger partial charge in [-0.3, -0.25) is 20.2 Å². The minimum atomic E-state index is -0.438. The molecule has 0 unspecified atom stereocenters. The smallest absolute Gasteiger partial charge is 0.269 e. The molecule has 10 heteroatoms. The van der Waals surface area contributed by atoms with E-state index in [1.165, 1.54) is 18.5 Å². The topological polar surface area (TPSA) is 112 Å². The van der Waals surface area contributed by atoms with Gasteiger partial charge >= 0.3 is 0 Å². The van der Waals surface area contributed by atoms with Gasteiger partial charge in [-0.25, -0.2) is 4.68 Å². The minimum Gasteiger partial charge on any atom is -0.488 e. The molecule has 1 amide bonds. The molecular formula is C18H14BrN5O4. The molecule has 2 heterocycles. The van der Waals surface area contributed by atoms with Gasteiger partial charge in [0.1, 0.15) is 18.7 Å². The second-order valence-corrected chi connectivity index (χ2v) is 7.06. The molecular weight excluding hydrogens is 430 g/mol. The first-order chi connectivity index (χ1) is 13.5. The predicted octanol–water partition coefficient (Wildman–Crippen LogP) is 3.46. The van der Waals surface area contributed by atoms with Gasteiger partial charge < -0.3 is 4.74 Å². The van der Waals surface area contributed by atoms with Crippen molar-refractivity contribution in [2.45, 2.75) is 19.1 Å². The van der Waals surface area contributed by atoms with Crippen LogP contribution in [0.25, 0.3) is 0 Å². The number of nitrogens with zero attached hydrogens (tertiary/aromatic N) is 4. The van der Waals surface area contributed by atoms with Crippen molar-refractivity contribution in [1.82, 2.24) is 14.8 Å². The van der Waals surface area contributed by atoms with Crippen LogP contribution in [0, 0.1) is 10.1 Å². The summed E-state index contributed by atoms with van der Waals surface area (Å²) in [7, 11) is 0. The molecule has 2 aromatic carbocycles. The van der Waals surface area contributed by atoms with E-state index in [0.29, 0.717) is 21.7 Å². The van der Waals surface area contributed by atoms with E-state index in [2.05, 4.69) is 31.3 Å². The zero-order valence-corrected chi connectivity index (χ0v) is 16.0. The van der Waals surface area contributed by atoms with Gasteiger partial charge in [0.2, 0.25) is 11.9 Å². The molecule has 0 aliphatic carbocycles. The fourth-order valence-electron chi connectivity index (χ4n) is 3.03. The van der Waals surface area contributed by atoms with Gasteiger partial charge in [-0.05, 0) is 39.2 Å². The first kappa shape index (κ1) is 18.1. The van der Waals surface area contributed by atoms with Crippen LogP contribution in [-0.2, 0) is 11.4 Å². The fraction of sp³-hybridized carbons (Fsp3) is 0.167. The minimum absolute atomic E-state index is 0.0229. The number of carbonyl (C=O) groups is 1. The largest absolute Gasteiger partial charge is 0.488 e. The Hall–Kier alpha value is -3.27. The number of hydrogen-bond acceptors (Lipinski definition) is 6. The monoisotopic (exact) mass is 443 g/mol. The van der Waals surface area contributed by atoms with Crippen LogP contribution in [-0.4, -0.2) is 25.6 Å². The van der Waals surface area contributed by atoms with E-state index < -0.39 is 4.92 Å². The molecule has 1 aliphatic rings. The maximum atomic E-state index is 11.9. The average Bonchev–Trinajstić information content (AvgIpc) is 3.15. The Morgan fingerprint density at radius 3 is 2.96 bits per heavy atom. The van der Waals surface area contributed by atoms with Crippen LogP contribution in [0.15, 0.2) is 53.3 Å². The van der Waals surface area contributed by atoms with Gasteiger partial charge in [-0.15, -0.1) is 0 Å². The van der Waals surface area contributed by atoms with Crippen LogP contribution in [0.2, 0.25) is 0 Å². The van der Waals surface area contributed by atoms with Gasteiger partial charge in [0.25, 0.3) is 5.69 Å². The number of nitro benzene ring substituents is 1. The lowest BCUT2D eigenvalue weighted by atomic mass is 10.0. The molecule has 1 N–H and O–H groups in total. The second kappa shape index (κ2) is 7.39. The standard InChI is InChI=1S/C18H14BrN5O4/c19-14-7-12(15-8-17(25)22-18-20-10-21-23(15)18)4-5-16(14)28-9-11-2-1-3-13(6-11)24(26)27/h1-7,10,15H,8-9H2,(H,20,21,22,25)/t15-/m0/s1. The third kappa shape index (κ3) is 3.58. The molecule has 28 heavy (non-hydrogen) atoms. The number of non-ortho nitro benzene ring substituents is 1. The number of carbonyl (C=O) groups excluding carboxylic acids is 1. The first-order valence-corrected chi connectivity index (χ1v) is 9.15. The summed E-state index contributed by atoms with van der Waals surface area (Å²) < 4.78 is 8.18. The van der Waals surface area contributed by atoms with E-state index >= 15 is 0 Å². The van der Waals surface area contributed by atoms with Crippen LogP contribution in [0.3, 0.4) is 0 Å². The quantitative estimate of drug-likeness (QED) is 0.477. The number of aromatic nitrogens is 3. The Morgan fingerprint density at radius 2 is 2.18 bits per heavy atom. The Morgan fingerprint density at radius 1 is 1.32 bits per heavy atom. The summed E-state index contributed by atoms with van der Waals surface area (Å²) in [4.78, 5) is 26.4. The highest BCUT2D eigenvalue weighted by atomic mass is 79.9. The SMILES string of the molecule is O=C1C[C@@H](c2ccc(OCc3cccc([N+](=O)[O-])c3)c(Br)c2)n2ncnc2N1. The van der Waals surface area contributed by atoms with Crippen molar-refractivity contribution in [1.29, 1.82) is 0 Å². The Labute approximate surface area is 167 Å². The highest BCUT2D eigenvalue weighted by molar-refractivity contribution is 9.10. The van der Waals surface area contributed by atoms with Crippen LogP contribution < -0.4 is 10.1 Å². The van der Waals surface area contributed by atoms with Crippen molar-refractivity contribution in [3.05, 3.63) is 74.5 Å². The molecule has 0 spiro atoms. The van der Waals surface area contributed by atoms with Gasteiger partial charge in [-0.2, -0.15) is 10.1 Å². The number of halogens is 1. The maximum Gasteiger partial charge on any atom is 0.269 e. The zero-order valence-electron chi connectivity index (χ0n) is 14.4. The molecule has 0 saturated carbocycles. The summed E-state index contributed by atoms with van der Waals surface area (Å²) >= 11 is 3.49. The maximum absolute atomic E-state index is 11.9.